The molecule has 0 aromatic carbocycles. The number of nitrogens with zero attached hydrogens (tertiary/aromatic N) is 2. The number of halogens is 1. The number of hydrogen-bond acceptors (Lipinski definition) is 4. The average molecular weight is 242 g/mol. The fourth-order valence-corrected chi connectivity index (χ4v) is 1.32. The Balaban J connectivity index is 2.85. The summed E-state index contributed by atoms with van der Waals surface area (Å²) in [6.45, 7) is 0. The number of amides is 1. The van der Waals surface area contributed by atoms with Crippen LogP contribution in [-0.2, 0) is 4.79 Å². The molecule has 78 valence electrons. The summed E-state index contributed by atoms with van der Waals surface area (Å²) in [7, 11) is 0. The quantitative estimate of drug-likeness (QED) is 0.364. The van der Waals surface area contributed by atoms with Crippen molar-refractivity contribution in [3.8, 4) is 11.8 Å². The summed E-state index contributed by atoms with van der Waals surface area (Å²) in [5.41, 5.74) is 5.43. The van der Waals surface area contributed by atoms with Gasteiger partial charge in [-0.15, -0.1) is 0 Å². The lowest BCUT2D eigenvalue weighted by Gasteiger charge is -1.96. The van der Waals surface area contributed by atoms with Gasteiger partial charge in [-0.25, -0.2) is 9.97 Å². The highest BCUT2D eigenvalue weighted by Gasteiger charge is 2.01. The van der Waals surface area contributed by atoms with E-state index < -0.39 is 5.91 Å². The molecule has 0 saturated heterocycles. The highest BCUT2D eigenvalue weighted by Crippen LogP contribution is 2.15. The van der Waals surface area contributed by atoms with Crippen molar-refractivity contribution in [1.82, 2.24) is 9.97 Å². The molecule has 4 nitrogen and oxygen atoms in total. The van der Waals surface area contributed by atoms with Crippen LogP contribution in [0.4, 0.5) is 0 Å². The largest absolute Gasteiger partial charge is 0.369 e. The summed E-state index contributed by atoms with van der Waals surface area (Å²) in [6.07, 6.45) is 3.37. The van der Waals surface area contributed by atoms with E-state index in [1.165, 1.54) is 18.0 Å². The predicted octanol–water partition coefficient (Wildman–Crippen LogP) is 1.08. The van der Waals surface area contributed by atoms with Gasteiger partial charge in [-0.2, -0.15) is 0 Å². The Labute approximate surface area is 96.6 Å². The molecule has 0 aliphatic heterocycles. The lowest BCUT2D eigenvalue weighted by Crippen LogP contribution is -2.08. The smallest absolute Gasteiger partial charge is 0.229 e. The maximum Gasteiger partial charge on any atom is 0.229 e. The van der Waals surface area contributed by atoms with E-state index in [4.69, 9.17) is 17.3 Å². The first kappa shape index (κ1) is 11.8. The minimum Gasteiger partial charge on any atom is -0.369 e. The van der Waals surface area contributed by atoms with Gasteiger partial charge in [-0.1, -0.05) is 35.2 Å². The number of nitrogens with two attached hydrogens (primary N) is 1. The topological polar surface area (TPSA) is 68.9 Å². The van der Waals surface area contributed by atoms with Crippen molar-refractivity contribution in [2.24, 2.45) is 5.73 Å². The van der Waals surface area contributed by atoms with Crippen LogP contribution in [0.2, 0.25) is 5.15 Å². The Morgan fingerprint density at radius 2 is 2.47 bits per heavy atom. The molecule has 0 unspecified atom stereocenters. The summed E-state index contributed by atoms with van der Waals surface area (Å²) < 4.78 is 0. The number of primary amides is 1. The lowest BCUT2D eigenvalue weighted by molar-refractivity contribution is -0.117. The number of hydrogen-bond donors (Lipinski definition) is 1. The zero-order chi connectivity index (χ0) is 11.3. The summed E-state index contributed by atoms with van der Waals surface area (Å²) in [4.78, 5) is 18.4. The highest BCUT2D eigenvalue weighted by molar-refractivity contribution is 7.98. The maximum atomic E-state index is 10.4. The number of aromatic nitrogens is 2. The molecule has 1 heterocycles. The molecular weight excluding hydrogens is 234 g/mol. The molecule has 0 spiro atoms. The van der Waals surface area contributed by atoms with Gasteiger partial charge >= 0.3 is 0 Å². The predicted molar refractivity (Wildman–Crippen MR) is 59.5 cm³/mol. The van der Waals surface area contributed by atoms with Crippen molar-refractivity contribution in [3.63, 3.8) is 0 Å². The van der Waals surface area contributed by atoms with Crippen molar-refractivity contribution in [1.29, 1.82) is 0 Å². The van der Waals surface area contributed by atoms with E-state index in [0.717, 1.165) is 0 Å². The third kappa shape index (κ3) is 3.78. The zero-order valence-corrected chi connectivity index (χ0v) is 9.52. The van der Waals surface area contributed by atoms with E-state index in [1.54, 1.807) is 0 Å². The Hall–Kier alpha value is -1.25. The normalized spacial score (nSPS) is 9.20. The highest BCUT2D eigenvalue weighted by atomic mass is 35.5. The number of carbonyl (C=O) groups excluding carboxylic acids is 1. The van der Waals surface area contributed by atoms with Crippen molar-refractivity contribution < 1.29 is 4.79 Å². The molecule has 0 radical (unpaired) electrons. The molecule has 0 aliphatic carbocycles. The van der Waals surface area contributed by atoms with E-state index in [0.29, 0.717) is 10.7 Å². The molecular formula is C9H8ClN3OS. The van der Waals surface area contributed by atoms with Gasteiger partial charge in [-0.05, 0) is 6.26 Å². The van der Waals surface area contributed by atoms with Crippen LogP contribution in [-0.4, -0.2) is 22.1 Å². The summed E-state index contributed by atoms with van der Waals surface area (Å²) in [6, 6.07) is 0. The molecule has 2 N–H and O–H groups in total. The van der Waals surface area contributed by atoms with Gasteiger partial charge in [0.05, 0.1) is 12.0 Å². The molecule has 1 aromatic heterocycles. The first-order valence-corrected chi connectivity index (χ1v) is 5.57. The van der Waals surface area contributed by atoms with E-state index in [9.17, 15) is 4.79 Å². The molecule has 1 amide bonds. The van der Waals surface area contributed by atoms with Gasteiger partial charge in [0, 0.05) is 6.20 Å². The molecule has 0 atom stereocenters. The minimum atomic E-state index is -0.472. The number of carbonyl (C=O) groups is 1. The van der Waals surface area contributed by atoms with Crippen molar-refractivity contribution in [2.45, 2.75) is 11.6 Å². The standard InChI is InChI=1S/C9H8ClN3OS/c1-15-9-12-5-6(8(10)13-9)3-2-4-7(11)14/h5H,4H2,1H3,(H2,11,14). The van der Waals surface area contributed by atoms with E-state index in [1.807, 2.05) is 6.26 Å². The van der Waals surface area contributed by atoms with Crippen molar-refractivity contribution in [3.05, 3.63) is 16.9 Å². The Morgan fingerprint density at radius 1 is 1.73 bits per heavy atom. The monoisotopic (exact) mass is 241 g/mol. The van der Waals surface area contributed by atoms with Crippen LogP contribution in [0.1, 0.15) is 12.0 Å². The second-order valence-electron chi connectivity index (χ2n) is 2.51. The van der Waals surface area contributed by atoms with Crippen LogP contribution in [0, 0.1) is 11.8 Å². The van der Waals surface area contributed by atoms with Gasteiger partial charge in [0.25, 0.3) is 0 Å². The molecule has 0 bridgehead atoms. The second-order valence-corrected chi connectivity index (χ2v) is 3.64. The van der Waals surface area contributed by atoms with Crippen LogP contribution < -0.4 is 5.73 Å². The van der Waals surface area contributed by atoms with Gasteiger partial charge in [0.15, 0.2) is 5.16 Å². The minimum absolute atomic E-state index is 0.000603. The molecule has 0 aliphatic rings. The zero-order valence-electron chi connectivity index (χ0n) is 7.95. The van der Waals surface area contributed by atoms with Crippen molar-refractivity contribution >= 4 is 29.3 Å². The van der Waals surface area contributed by atoms with Crippen LogP contribution >= 0.6 is 23.4 Å². The van der Waals surface area contributed by atoms with Crippen LogP contribution in [0.25, 0.3) is 0 Å². The Kier molecular flexibility index (Phi) is 4.40. The molecule has 1 aromatic rings. The molecule has 15 heavy (non-hydrogen) atoms. The summed E-state index contributed by atoms with van der Waals surface area (Å²) in [5, 5.41) is 0.867. The van der Waals surface area contributed by atoms with Crippen LogP contribution in [0.5, 0.6) is 0 Å². The second kappa shape index (κ2) is 5.59. The maximum absolute atomic E-state index is 10.4. The van der Waals surface area contributed by atoms with Gasteiger partial charge < -0.3 is 5.73 Å². The van der Waals surface area contributed by atoms with E-state index in [2.05, 4.69) is 21.8 Å². The Bertz CT molecular complexity index is 439. The lowest BCUT2D eigenvalue weighted by atomic mass is 10.3. The van der Waals surface area contributed by atoms with Crippen LogP contribution in [0.15, 0.2) is 11.4 Å². The fourth-order valence-electron chi connectivity index (χ4n) is 0.755. The van der Waals surface area contributed by atoms with E-state index in [-0.39, 0.29) is 11.6 Å². The average Bonchev–Trinajstić information content (AvgIpc) is 2.20. The first-order valence-electron chi connectivity index (χ1n) is 3.97. The third-order valence-corrected chi connectivity index (χ3v) is 2.24. The number of thioether (sulfide) groups is 1. The fraction of sp³-hybridized carbons (Fsp3) is 0.222. The number of rotatable bonds is 2. The summed E-state index contributed by atoms with van der Waals surface area (Å²) in [5.74, 6) is 4.79. The van der Waals surface area contributed by atoms with Gasteiger partial charge in [-0.3, -0.25) is 4.79 Å². The van der Waals surface area contributed by atoms with Gasteiger partial charge in [0.2, 0.25) is 5.91 Å². The first-order chi connectivity index (χ1) is 7.13. The molecule has 6 heteroatoms. The van der Waals surface area contributed by atoms with Gasteiger partial charge in [0.1, 0.15) is 5.15 Å². The SMILES string of the molecule is CSc1ncc(C#CCC(N)=O)c(Cl)n1. The summed E-state index contributed by atoms with van der Waals surface area (Å²) >= 11 is 7.23. The van der Waals surface area contributed by atoms with Crippen LogP contribution in [0.3, 0.4) is 0 Å². The van der Waals surface area contributed by atoms with E-state index >= 15 is 0 Å². The third-order valence-electron chi connectivity index (χ3n) is 1.39. The molecule has 0 fully saturated rings. The van der Waals surface area contributed by atoms with Crippen molar-refractivity contribution in [2.75, 3.05) is 6.26 Å². The molecule has 0 saturated carbocycles. The molecule has 1 rings (SSSR count). The Morgan fingerprint density at radius 3 is 3.00 bits per heavy atom.